The Bertz CT molecular complexity index is 499. The van der Waals surface area contributed by atoms with Crippen molar-refractivity contribution < 1.29 is 9.53 Å². The van der Waals surface area contributed by atoms with Crippen molar-refractivity contribution in [3.8, 4) is 5.75 Å². The van der Waals surface area contributed by atoms with Gasteiger partial charge in [0.05, 0.1) is 5.69 Å². The second-order valence-corrected chi connectivity index (χ2v) is 4.71. The van der Waals surface area contributed by atoms with E-state index in [2.05, 4.69) is 10.6 Å². The van der Waals surface area contributed by atoms with Gasteiger partial charge in [-0.25, -0.2) is 0 Å². The Kier molecular flexibility index (Phi) is 2.66. The fourth-order valence-corrected chi connectivity index (χ4v) is 1.65. The highest BCUT2D eigenvalue weighted by Gasteiger charge is 2.35. The van der Waals surface area contributed by atoms with E-state index >= 15 is 0 Å². The summed E-state index contributed by atoms with van der Waals surface area (Å²) in [4.78, 5) is 11.7. The highest BCUT2D eigenvalue weighted by Crippen LogP contribution is 2.35. The first-order chi connectivity index (χ1) is 7.88. The number of nitrogens with two attached hydrogens (primary N) is 1. The van der Waals surface area contributed by atoms with E-state index < -0.39 is 5.60 Å². The summed E-state index contributed by atoms with van der Waals surface area (Å²) in [5.74, 6) is 0.445. The van der Waals surface area contributed by atoms with Crippen LogP contribution in [0.5, 0.6) is 5.75 Å². The number of nitrogens with one attached hydrogen (secondary N) is 2. The number of carbonyl (C=O) groups excluding carboxylic acids is 1. The highest BCUT2D eigenvalue weighted by atomic mass is 32.1. The lowest BCUT2D eigenvalue weighted by molar-refractivity contribution is -0.129. The first-order valence-corrected chi connectivity index (χ1v) is 5.50. The molecule has 4 N–H and O–H groups in total. The monoisotopic (exact) mass is 251 g/mol. The number of benzene rings is 1. The maximum absolute atomic E-state index is 11.7. The molecule has 0 fully saturated rings. The minimum Gasteiger partial charge on any atom is -0.476 e. The van der Waals surface area contributed by atoms with Crippen LogP contribution in [-0.2, 0) is 4.79 Å². The van der Waals surface area contributed by atoms with Crippen LogP contribution in [0.2, 0.25) is 0 Å². The molecule has 0 radical (unpaired) electrons. The Balaban J connectivity index is 2.32. The van der Waals surface area contributed by atoms with E-state index in [0.29, 0.717) is 17.1 Å². The van der Waals surface area contributed by atoms with E-state index in [0.717, 1.165) is 0 Å². The number of fused-ring (bicyclic) bond motifs is 1. The van der Waals surface area contributed by atoms with Gasteiger partial charge in [-0.1, -0.05) is 0 Å². The number of ether oxygens (including phenoxy) is 1. The summed E-state index contributed by atoms with van der Waals surface area (Å²) in [6.45, 7) is 3.43. The third-order valence-electron chi connectivity index (χ3n) is 2.41. The molecule has 0 saturated heterocycles. The van der Waals surface area contributed by atoms with E-state index in [1.54, 1.807) is 32.0 Å². The molecule has 0 saturated carbocycles. The molecule has 1 aliphatic heterocycles. The zero-order valence-corrected chi connectivity index (χ0v) is 10.4. The number of hydrogen-bond acceptors (Lipinski definition) is 3. The quantitative estimate of drug-likeness (QED) is 0.659. The van der Waals surface area contributed by atoms with Crippen LogP contribution in [0.1, 0.15) is 13.8 Å². The van der Waals surface area contributed by atoms with Gasteiger partial charge >= 0.3 is 0 Å². The van der Waals surface area contributed by atoms with Gasteiger partial charge in [0, 0.05) is 5.69 Å². The molecular weight excluding hydrogens is 238 g/mol. The smallest absolute Gasteiger partial charge is 0.268 e. The third-order valence-corrected chi connectivity index (χ3v) is 2.51. The van der Waals surface area contributed by atoms with E-state index in [9.17, 15) is 4.79 Å². The second kappa shape index (κ2) is 3.89. The van der Waals surface area contributed by atoms with Gasteiger partial charge in [-0.2, -0.15) is 0 Å². The maximum Gasteiger partial charge on any atom is 0.268 e. The first-order valence-electron chi connectivity index (χ1n) is 5.09. The molecule has 17 heavy (non-hydrogen) atoms. The summed E-state index contributed by atoms with van der Waals surface area (Å²) in [5, 5.41) is 5.74. The lowest BCUT2D eigenvalue weighted by Crippen LogP contribution is -2.45. The van der Waals surface area contributed by atoms with Crippen molar-refractivity contribution in [1.29, 1.82) is 0 Å². The van der Waals surface area contributed by atoms with Gasteiger partial charge in [-0.05, 0) is 44.3 Å². The Morgan fingerprint density at radius 1 is 1.53 bits per heavy atom. The van der Waals surface area contributed by atoms with Gasteiger partial charge in [-0.3, -0.25) is 4.79 Å². The SMILES string of the molecule is CC1(C)Oc2ccc(NC(N)=S)cc2NC1=O. The molecule has 0 aromatic heterocycles. The predicted octanol–water partition coefficient (Wildman–Crippen LogP) is 1.45. The zero-order valence-electron chi connectivity index (χ0n) is 9.53. The van der Waals surface area contributed by atoms with Crippen molar-refractivity contribution in [2.75, 3.05) is 10.6 Å². The molecule has 1 aromatic rings. The number of rotatable bonds is 1. The Labute approximate surface area is 104 Å². The van der Waals surface area contributed by atoms with Crippen LogP contribution < -0.4 is 21.1 Å². The molecule has 6 heteroatoms. The van der Waals surface area contributed by atoms with Crippen LogP contribution in [0, 0.1) is 0 Å². The molecule has 0 atom stereocenters. The van der Waals surface area contributed by atoms with Crippen LogP contribution in [0.3, 0.4) is 0 Å². The number of anilines is 2. The fourth-order valence-electron chi connectivity index (χ4n) is 1.53. The highest BCUT2D eigenvalue weighted by molar-refractivity contribution is 7.80. The molecule has 0 spiro atoms. The average Bonchev–Trinajstić information content (AvgIpc) is 2.19. The molecule has 5 nitrogen and oxygen atoms in total. The molecule has 0 unspecified atom stereocenters. The van der Waals surface area contributed by atoms with Gasteiger partial charge in [0.2, 0.25) is 0 Å². The van der Waals surface area contributed by atoms with Gasteiger partial charge < -0.3 is 21.1 Å². The molecule has 1 aliphatic rings. The first kappa shape index (κ1) is 11.7. The lowest BCUT2D eigenvalue weighted by Gasteiger charge is -2.31. The number of thiocarbonyl (C=S) groups is 1. The van der Waals surface area contributed by atoms with Crippen LogP contribution in [-0.4, -0.2) is 16.6 Å². The van der Waals surface area contributed by atoms with E-state index in [1.165, 1.54) is 0 Å². The Morgan fingerprint density at radius 2 is 2.24 bits per heavy atom. The van der Waals surface area contributed by atoms with Gasteiger partial charge in [-0.15, -0.1) is 0 Å². The van der Waals surface area contributed by atoms with Crippen molar-refractivity contribution in [3.05, 3.63) is 18.2 Å². The summed E-state index contributed by atoms with van der Waals surface area (Å²) in [5.41, 5.74) is 5.83. The zero-order chi connectivity index (χ0) is 12.6. The van der Waals surface area contributed by atoms with Gasteiger partial charge in [0.25, 0.3) is 5.91 Å². The molecule has 2 rings (SSSR count). The van der Waals surface area contributed by atoms with E-state index in [1.807, 2.05) is 0 Å². The Hall–Kier alpha value is -1.82. The number of hydrogen-bond donors (Lipinski definition) is 3. The third kappa shape index (κ3) is 2.31. The molecule has 1 amide bonds. The standard InChI is InChI=1S/C11H13N3O2S/c1-11(2)9(15)14-7-5-6(13-10(12)17)3-4-8(7)16-11/h3-5H,1-2H3,(H,14,15)(H3,12,13,17). The summed E-state index contributed by atoms with van der Waals surface area (Å²) < 4.78 is 5.59. The van der Waals surface area contributed by atoms with Gasteiger partial charge in [0.15, 0.2) is 10.7 Å². The normalized spacial score (nSPS) is 16.5. The average molecular weight is 251 g/mol. The Morgan fingerprint density at radius 3 is 2.88 bits per heavy atom. The van der Waals surface area contributed by atoms with Crippen molar-refractivity contribution in [2.45, 2.75) is 19.4 Å². The summed E-state index contributed by atoms with van der Waals surface area (Å²) >= 11 is 4.74. The van der Waals surface area contributed by atoms with Crippen LogP contribution >= 0.6 is 12.2 Å². The van der Waals surface area contributed by atoms with Crippen LogP contribution in [0.4, 0.5) is 11.4 Å². The molecule has 1 aromatic carbocycles. The summed E-state index contributed by atoms with van der Waals surface area (Å²) in [6.07, 6.45) is 0. The minimum atomic E-state index is -0.856. The van der Waals surface area contributed by atoms with Crippen LogP contribution in [0.25, 0.3) is 0 Å². The summed E-state index contributed by atoms with van der Waals surface area (Å²) in [6, 6.07) is 5.27. The molecular formula is C11H13N3O2S. The van der Waals surface area contributed by atoms with E-state index in [-0.39, 0.29) is 11.0 Å². The van der Waals surface area contributed by atoms with Crippen LogP contribution in [0.15, 0.2) is 18.2 Å². The van der Waals surface area contributed by atoms with Crippen molar-refractivity contribution in [3.63, 3.8) is 0 Å². The predicted molar refractivity (Wildman–Crippen MR) is 70.2 cm³/mol. The van der Waals surface area contributed by atoms with Crippen molar-refractivity contribution >= 4 is 34.6 Å². The summed E-state index contributed by atoms with van der Waals surface area (Å²) in [7, 11) is 0. The van der Waals surface area contributed by atoms with E-state index in [4.69, 9.17) is 22.7 Å². The molecule has 0 bridgehead atoms. The molecule has 1 heterocycles. The van der Waals surface area contributed by atoms with Crippen molar-refractivity contribution in [1.82, 2.24) is 0 Å². The largest absolute Gasteiger partial charge is 0.476 e. The van der Waals surface area contributed by atoms with Gasteiger partial charge in [0.1, 0.15) is 5.75 Å². The number of carbonyl (C=O) groups is 1. The lowest BCUT2D eigenvalue weighted by atomic mass is 10.1. The minimum absolute atomic E-state index is 0.174. The molecule has 0 aliphatic carbocycles. The fraction of sp³-hybridized carbons (Fsp3) is 0.273. The van der Waals surface area contributed by atoms with Crippen molar-refractivity contribution in [2.24, 2.45) is 5.73 Å². The second-order valence-electron chi connectivity index (χ2n) is 4.27. The maximum atomic E-state index is 11.7. The molecule has 90 valence electrons. The topological polar surface area (TPSA) is 76.4 Å². The number of amides is 1.